The lowest BCUT2D eigenvalue weighted by Gasteiger charge is -2.03. The SMILES string of the molecule is N#Cc1c2cc(Br)c([N+](=O)[O-])cc2[n+]([O-])n1-c1ccc(F)cc1.Nc1ccc(F)cc1.O=Cc1cc(Br)c([N+](=O)[O-])cc1[N+](=O)[O-]. The van der Waals surface area contributed by atoms with Crippen LogP contribution in [0.3, 0.4) is 0 Å². The van der Waals surface area contributed by atoms with Crippen molar-refractivity contribution < 1.29 is 33.2 Å². The molecule has 0 unspecified atom stereocenters. The molecule has 0 aliphatic heterocycles. The van der Waals surface area contributed by atoms with Gasteiger partial charge >= 0.3 is 0 Å². The Morgan fingerprint density at radius 2 is 1.28 bits per heavy atom. The van der Waals surface area contributed by atoms with Crippen LogP contribution in [0, 0.1) is 58.5 Å². The summed E-state index contributed by atoms with van der Waals surface area (Å²) < 4.78 is 26.3. The minimum atomic E-state index is -0.844. The highest BCUT2D eigenvalue weighted by molar-refractivity contribution is 9.11. The number of halogens is 4. The number of benzene rings is 4. The number of nitrogens with zero attached hydrogens (tertiary/aromatic N) is 6. The van der Waals surface area contributed by atoms with Gasteiger partial charge in [0.05, 0.1) is 46.8 Å². The lowest BCUT2D eigenvalue weighted by Crippen LogP contribution is -2.37. The minimum absolute atomic E-state index is 0.00259. The van der Waals surface area contributed by atoms with Gasteiger partial charge in [0.1, 0.15) is 23.4 Å². The van der Waals surface area contributed by atoms with Crippen molar-refractivity contribution >= 4 is 71.8 Å². The first-order chi connectivity index (χ1) is 21.7. The van der Waals surface area contributed by atoms with Gasteiger partial charge in [-0.1, -0.05) is 9.53 Å². The maximum atomic E-state index is 13.0. The van der Waals surface area contributed by atoms with Crippen LogP contribution in [0.25, 0.3) is 16.6 Å². The summed E-state index contributed by atoms with van der Waals surface area (Å²) in [7, 11) is 0. The lowest BCUT2D eigenvalue weighted by atomic mass is 10.2. The van der Waals surface area contributed by atoms with Crippen LogP contribution in [0.2, 0.25) is 0 Å². The van der Waals surface area contributed by atoms with Gasteiger partial charge in [-0.15, -0.1) is 0 Å². The van der Waals surface area contributed by atoms with Gasteiger partial charge < -0.3 is 10.9 Å². The molecule has 0 saturated carbocycles. The molecule has 15 nitrogen and oxygen atoms in total. The predicted octanol–water partition coefficient (Wildman–Crippen LogP) is 6.43. The van der Waals surface area contributed by atoms with E-state index < -0.39 is 32.0 Å². The number of anilines is 1. The van der Waals surface area contributed by atoms with Crippen LogP contribution in [-0.2, 0) is 0 Å². The highest BCUT2D eigenvalue weighted by atomic mass is 79.9. The second kappa shape index (κ2) is 14.7. The third-order valence-electron chi connectivity index (χ3n) is 5.78. The number of carbonyl (C=O) groups excluding carboxylic acids is 1. The van der Waals surface area contributed by atoms with E-state index in [0.29, 0.717) is 10.5 Å². The Labute approximate surface area is 272 Å². The molecule has 5 rings (SSSR count). The summed E-state index contributed by atoms with van der Waals surface area (Å²) >= 11 is 5.91. The average molecular weight is 763 g/mol. The summed E-state index contributed by atoms with van der Waals surface area (Å²) in [4.78, 5) is 40.5. The van der Waals surface area contributed by atoms with E-state index in [9.17, 15) is 54.4 Å². The number of hydrogen-bond acceptors (Lipinski definition) is 10. The molecule has 1 heterocycles. The first kappa shape index (κ1) is 34.6. The van der Waals surface area contributed by atoms with Crippen LogP contribution >= 0.6 is 31.9 Å². The summed E-state index contributed by atoms with van der Waals surface area (Å²) in [6.07, 6.45) is 0.270. The fourth-order valence-electron chi connectivity index (χ4n) is 3.70. The number of carbonyl (C=O) groups is 1. The molecule has 0 amide bonds. The van der Waals surface area contributed by atoms with E-state index in [2.05, 4.69) is 31.9 Å². The first-order valence-corrected chi connectivity index (χ1v) is 13.7. The Morgan fingerprint density at radius 1 is 0.804 bits per heavy atom. The summed E-state index contributed by atoms with van der Waals surface area (Å²) in [5.74, 6) is -0.737. The van der Waals surface area contributed by atoms with Crippen molar-refractivity contribution in [1.29, 1.82) is 5.26 Å². The number of aromatic nitrogens is 2. The molecule has 4 aromatic carbocycles. The zero-order valence-electron chi connectivity index (χ0n) is 22.5. The van der Waals surface area contributed by atoms with Gasteiger partial charge in [0.15, 0.2) is 12.0 Å². The molecule has 0 aliphatic carbocycles. The molecule has 1 aromatic heterocycles. The average Bonchev–Trinajstić information content (AvgIpc) is 3.28. The number of aldehydes is 1. The van der Waals surface area contributed by atoms with Gasteiger partial charge in [0.25, 0.3) is 22.6 Å². The van der Waals surface area contributed by atoms with Crippen LogP contribution < -0.4 is 10.6 Å². The summed E-state index contributed by atoms with van der Waals surface area (Å²) in [6.45, 7) is 0. The van der Waals surface area contributed by atoms with Gasteiger partial charge in [0.2, 0.25) is 0 Å². The largest absolute Gasteiger partial charge is 0.595 e. The van der Waals surface area contributed by atoms with Gasteiger partial charge in [-0.05, 0) is 92.5 Å². The maximum absolute atomic E-state index is 13.0. The highest BCUT2D eigenvalue weighted by Crippen LogP contribution is 2.32. The number of nitrogen functional groups attached to an aromatic ring is 1. The maximum Gasteiger partial charge on any atom is 0.290 e. The quantitative estimate of drug-likeness (QED) is 0.0515. The molecule has 46 heavy (non-hydrogen) atoms. The zero-order chi connectivity index (χ0) is 34.3. The molecule has 0 radical (unpaired) electrons. The molecule has 0 fully saturated rings. The van der Waals surface area contributed by atoms with Crippen LogP contribution in [0.5, 0.6) is 0 Å². The Morgan fingerprint density at radius 3 is 1.74 bits per heavy atom. The fraction of sp³-hybridized carbons (Fsp3) is 0. The zero-order valence-corrected chi connectivity index (χ0v) is 25.7. The molecule has 0 bridgehead atoms. The second-order valence-corrected chi connectivity index (χ2v) is 10.4. The molecule has 2 N–H and O–H groups in total. The van der Waals surface area contributed by atoms with E-state index >= 15 is 0 Å². The Kier molecular flexibility index (Phi) is 11.1. The van der Waals surface area contributed by atoms with Crippen LogP contribution in [0.1, 0.15) is 16.1 Å². The molecule has 5 aromatic rings. The van der Waals surface area contributed by atoms with E-state index in [-0.39, 0.29) is 54.6 Å². The smallest absolute Gasteiger partial charge is 0.290 e. The molecule has 0 spiro atoms. The third kappa shape index (κ3) is 7.79. The number of fused-ring (bicyclic) bond motifs is 1. The van der Waals surface area contributed by atoms with Crippen molar-refractivity contribution in [2.75, 3.05) is 5.73 Å². The predicted molar refractivity (Wildman–Crippen MR) is 165 cm³/mol. The van der Waals surface area contributed by atoms with Gasteiger partial charge in [-0.25, -0.2) is 8.78 Å². The van der Waals surface area contributed by atoms with Crippen LogP contribution in [-0.4, -0.2) is 25.7 Å². The molecule has 234 valence electrons. The standard InChI is InChI=1S/C14H6BrFN4O3.C7H3BrN2O5.C6H6FN/c15-11-5-10-12(6-13(11)20(22)23)19(21)18(14(10)7-17)9-3-1-8(16)2-4-9;8-5-1-4(3-11)6(9(12)13)2-7(5)10(14)15;7-5-1-3-6(8)4-2-5/h1-6H;1-3H;1-4H,8H2. The van der Waals surface area contributed by atoms with Crippen molar-refractivity contribution in [3.8, 4) is 11.8 Å². The highest BCUT2D eigenvalue weighted by Gasteiger charge is 2.27. The van der Waals surface area contributed by atoms with E-state index in [1.54, 1.807) is 0 Å². The van der Waals surface area contributed by atoms with E-state index in [4.69, 9.17) is 5.73 Å². The van der Waals surface area contributed by atoms with Gasteiger partial charge in [-0.3, -0.25) is 35.1 Å². The fourth-order valence-corrected chi connectivity index (χ4v) is 4.69. The molecule has 19 heteroatoms. The van der Waals surface area contributed by atoms with Crippen molar-refractivity contribution in [1.82, 2.24) is 4.68 Å². The number of nitro benzene ring substituents is 3. The molecule has 0 saturated heterocycles. The van der Waals surface area contributed by atoms with E-state index in [0.717, 1.165) is 35.0 Å². The van der Waals surface area contributed by atoms with Crippen LogP contribution in [0.15, 0.2) is 81.7 Å². The van der Waals surface area contributed by atoms with E-state index in [1.165, 1.54) is 42.5 Å². The Bertz CT molecular complexity index is 2010. The second-order valence-electron chi connectivity index (χ2n) is 8.65. The number of nitriles is 1. The Hall–Kier alpha value is -5.87. The summed E-state index contributed by atoms with van der Waals surface area (Å²) in [5.41, 5.74) is 4.56. The molecular weight excluding hydrogens is 748 g/mol. The monoisotopic (exact) mass is 761 g/mol. The van der Waals surface area contributed by atoms with Gasteiger partial charge in [0, 0.05) is 5.69 Å². The molecular formula is C27H15Br2F2N7O8. The topological polar surface area (TPSA) is 228 Å². The minimum Gasteiger partial charge on any atom is -0.595 e. The van der Waals surface area contributed by atoms with Crippen molar-refractivity contribution in [2.45, 2.75) is 0 Å². The molecule has 0 aliphatic rings. The summed E-state index contributed by atoms with van der Waals surface area (Å²) in [6, 6.07) is 16.8. The number of hydrogen-bond donors (Lipinski definition) is 1. The van der Waals surface area contributed by atoms with E-state index in [1.807, 2.05) is 6.07 Å². The Balaban J connectivity index is 0.000000214. The van der Waals surface area contributed by atoms with Gasteiger partial charge in [-0.2, -0.15) is 5.26 Å². The van der Waals surface area contributed by atoms with Crippen molar-refractivity contribution in [3.63, 3.8) is 0 Å². The molecule has 0 atom stereocenters. The first-order valence-electron chi connectivity index (χ1n) is 12.1. The number of nitro groups is 3. The third-order valence-corrected chi connectivity index (χ3v) is 7.05. The van der Waals surface area contributed by atoms with Crippen molar-refractivity contribution in [3.05, 3.63) is 140 Å². The number of nitrogens with two attached hydrogens (primary N) is 1. The van der Waals surface area contributed by atoms with Crippen molar-refractivity contribution in [2.24, 2.45) is 0 Å². The lowest BCUT2D eigenvalue weighted by molar-refractivity contribution is -0.659. The normalized spacial score (nSPS) is 10.1. The summed E-state index contributed by atoms with van der Waals surface area (Å²) in [5, 5.41) is 54.0. The van der Waals surface area contributed by atoms with Crippen LogP contribution in [0.4, 0.5) is 31.5 Å². The number of rotatable bonds is 5.